The van der Waals surface area contributed by atoms with Crippen LogP contribution in [0, 0.1) is 10.1 Å². The highest BCUT2D eigenvalue weighted by Crippen LogP contribution is 2.14. The lowest BCUT2D eigenvalue weighted by molar-refractivity contribution is -0.383. The highest BCUT2D eigenvalue weighted by molar-refractivity contribution is 5.56. The van der Waals surface area contributed by atoms with E-state index in [1.165, 1.54) is 16.6 Å². The van der Waals surface area contributed by atoms with Crippen LogP contribution in [-0.4, -0.2) is 25.0 Å². The third kappa shape index (κ3) is 0.797. The molecule has 0 aliphatic carbocycles. The topological polar surface area (TPSA) is 86.2 Å². The molecule has 0 saturated heterocycles. The summed E-state index contributed by atoms with van der Waals surface area (Å²) in [5.41, 5.74) is 0.0602. The normalized spacial score (nSPS) is 10.3. The van der Waals surface area contributed by atoms with Crippen molar-refractivity contribution in [3.05, 3.63) is 28.4 Å². The lowest BCUT2D eigenvalue weighted by atomic mass is 10.4. The third-order valence-corrected chi connectivity index (χ3v) is 1.40. The maximum Gasteiger partial charge on any atom is 0.315 e. The first-order valence-corrected chi connectivity index (χ1v) is 3.10. The van der Waals surface area contributed by atoms with Gasteiger partial charge in [-0.15, -0.1) is 5.10 Å². The summed E-state index contributed by atoms with van der Waals surface area (Å²) in [5, 5.41) is 20.7. The fourth-order valence-electron chi connectivity index (χ4n) is 0.895. The van der Waals surface area contributed by atoms with Gasteiger partial charge in [-0.3, -0.25) is 10.1 Å². The molecule has 0 atom stereocenters. The molecule has 12 heavy (non-hydrogen) atoms. The number of rotatable bonds is 1. The van der Waals surface area contributed by atoms with E-state index in [2.05, 4.69) is 15.5 Å². The second-order valence-corrected chi connectivity index (χ2v) is 2.10. The van der Waals surface area contributed by atoms with Gasteiger partial charge in [-0.25, -0.2) is 0 Å². The summed E-state index contributed by atoms with van der Waals surface area (Å²) >= 11 is 0. The van der Waals surface area contributed by atoms with Gasteiger partial charge in [0.2, 0.25) is 0 Å². The predicted molar refractivity (Wildman–Crippen MR) is 37.4 cm³/mol. The Morgan fingerprint density at radius 1 is 1.58 bits per heavy atom. The van der Waals surface area contributed by atoms with E-state index in [1.54, 1.807) is 6.20 Å². The largest absolute Gasteiger partial charge is 0.315 e. The maximum atomic E-state index is 10.4. The Labute approximate surface area is 65.8 Å². The van der Waals surface area contributed by atoms with Crippen LogP contribution in [0.5, 0.6) is 0 Å². The van der Waals surface area contributed by atoms with Crippen LogP contribution in [0.4, 0.5) is 5.69 Å². The highest BCUT2D eigenvalue weighted by Gasteiger charge is 2.13. The monoisotopic (exact) mass is 165 g/mol. The van der Waals surface area contributed by atoms with Gasteiger partial charge in [0.15, 0.2) is 0 Å². The second kappa shape index (κ2) is 2.22. The van der Waals surface area contributed by atoms with Gasteiger partial charge >= 0.3 is 5.69 Å². The quantitative estimate of drug-likeness (QED) is 0.439. The van der Waals surface area contributed by atoms with Crippen LogP contribution in [0.3, 0.4) is 0 Å². The minimum atomic E-state index is -0.522. The molecule has 0 bridgehead atoms. The van der Waals surface area contributed by atoms with Crippen molar-refractivity contribution in [2.24, 2.45) is 0 Å². The standard InChI is InChI=1S/C5H3N5O2/c11-10(12)4-2-1-3-9-5(4)6-7-8-9/h1-3H. The number of nitro groups is 1. The molecule has 0 fully saturated rings. The average Bonchev–Trinajstić information content (AvgIpc) is 2.49. The predicted octanol–water partition coefficient (Wildman–Crippen LogP) is 0.0325. The van der Waals surface area contributed by atoms with E-state index in [9.17, 15) is 10.1 Å². The first-order chi connectivity index (χ1) is 5.79. The van der Waals surface area contributed by atoms with Gasteiger partial charge < -0.3 is 0 Å². The van der Waals surface area contributed by atoms with Crippen molar-refractivity contribution in [3.63, 3.8) is 0 Å². The van der Waals surface area contributed by atoms with Crippen LogP contribution >= 0.6 is 0 Å². The van der Waals surface area contributed by atoms with E-state index in [0.717, 1.165) is 0 Å². The number of aromatic nitrogens is 4. The molecule has 0 radical (unpaired) electrons. The third-order valence-electron chi connectivity index (χ3n) is 1.40. The Morgan fingerprint density at radius 3 is 3.17 bits per heavy atom. The van der Waals surface area contributed by atoms with Crippen molar-refractivity contribution >= 4 is 11.3 Å². The molecule has 0 unspecified atom stereocenters. The molecule has 0 saturated carbocycles. The van der Waals surface area contributed by atoms with Crippen LogP contribution in [0.1, 0.15) is 0 Å². The number of hydrogen-bond acceptors (Lipinski definition) is 5. The molecule has 0 aliphatic rings. The van der Waals surface area contributed by atoms with E-state index in [1.807, 2.05) is 0 Å². The zero-order valence-corrected chi connectivity index (χ0v) is 5.78. The van der Waals surface area contributed by atoms with Gasteiger partial charge in [0.1, 0.15) is 0 Å². The summed E-state index contributed by atoms with van der Waals surface area (Å²) in [6.07, 6.45) is 1.54. The van der Waals surface area contributed by atoms with Crippen molar-refractivity contribution in [1.82, 2.24) is 20.0 Å². The molecular formula is C5H3N5O2. The fraction of sp³-hybridized carbons (Fsp3) is 0. The number of pyridine rings is 1. The van der Waals surface area contributed by atoms with E-state index in [-0.39, 0.29) is 11.3 Å². The van der Waals surface area contributed by atoms with Crippen molar-refractivity contribution in [2.45, 2.75) is 0 Å². The Hall–Kier alpha value is -2.05. The van der Waals surface area contributed by atoms with Crippen LogP contribution in [0.2, 0.25) is 0 Å². The fourth-order valence-corrected chi connectivity index (χ4v) is 0.895. The van der Waals surface area contributed by atoms with Crippen LogP contribution in [0.15, 0.2) is 18.3 Å². The minimum Gasteiger partial charge on any atom is -0.258 e. The van der Waals surface area contributed by atoms with Crippen LogP contribution in [0.25, 0.3) is 5.65 Å². The van der Waals surface area contributed by atoms with Crippen molar-refractivity contribution in [1.29, 1.82) is 0 Å². The summed E-state index contributed by atoms with van der Waals surface area (Å²) in [5.74, 6) is 0. The molecule has 0 aliphatic heterocycles. The summed E-state index contributed by atoms with van der Waals surface area (Å²) in [6, 6.07) is 2.87. The molecular weight excluding hydrogens is 162 g/mol. The Balaban J connectivity index is 2.82. The average molecular weight is 165 g/mol. The van der Waals surface area contributed by atoms with E-state index < -0.39 is 4.92 Å². The van der Waals surface area contributed by atoms with Gasteiger partial charge in [-0.2, -0.15) is 4.52 Å². The molecule has 7 nitrogen and oxygen atoms in total. The van der Waals surface area contributed by atoms with Gasteiger partial charge in [-0.05, 0) is 16.5 Å². The molecule has 0 amide bonds. The molecule has 0 spiro atoms. The zero-order chi connectivity index (χ0) is 8.55. The number of nitrogens with zero attached hydrogens (tertiary/aromatic N) is 5. The number of hydrogen-bond donors (Lipinski definition) is 0. The number of tetrazole rings is 1. The molecule has 2 aromatic heterocycles. The molecule has 0 N–H and O–H groups in total. The van der Waals surface area contributed by atoms with Gasteiger partial charge in [0.05, 0.1) is 4.92 Å². The van der Waals surface area contributed by atoms with Gasteiger partial charge in [-0.1, -0.05) is 0 Å². The van der Waals surface area contributed by atoms with Crippen molar-refractivity contribution in [3.8, 4) is 0 Å². The highest BCUT2D eigenvalue weighted by atomic mass is 16.6. The van der Waals surface area contributed by atoms with Crippen LogP contribution < -0.4 is 0 Å². The molecule has 0 aromatic carbocycles. The van der Waals surface area contributed by atoms with E-state index in [4.69, 9.17) is 0 Å². The molecule has 2 rings (SSSR count). The summed E-state index contributed by atoms with van der Waals surface area (Å²) in [4.78, 5) is 9.89. The first kappa shape index (κ1) is 6.65. The Morgan fingerprint density at radius 2 is 2.42 bits per heavy atom. The van der Waals surface area contributed by atoms with E-state index >= 15 is 0 Å². The summed E-state index contributed by atoms with van der Waals surface area (Å²) in [7, 11) is 0. The van der Waals surface area contributed by atoms with Crippen molar-refractivity contribution < 1.29 is 4.92 Å². The lowest BCUT2D eigenvalue weighted by Crippen LogP contribution is -1.93. The smallest absolute Gasteiger partial charge is 0.258 e. The van der Waals surface area contributed by atoms with Crippen molar-refractivity contribution in [2.75, 3.05) is 0 Å². The first-order valence-electron chi connectivity index (χ1n) is 3.10. The molecule has 2 heterocycles. The maximum absolute atomic E-state index is 10.4. The number of fused-ring (bicyclic) bond motifs is 1. The summed E-state index contributed by atoms with van der Waals surface area (Å²) < 4.78 is 1.25. The SMILES string of the molecule is O=[N+]([O-])c1cccn2nnnc12. The zero-order valence-electron chi connectivity index (χ0n) is 5.78. The molecule has 7 heteroatoms. The lowest BCUT2D eigenvalue weighted by Gasteiger charge is -1.90. The van der Waals surface area contributed by atoms with Crippen LogP contribution in [-0.2, 0) is 0 Å². The summed E-state index contributed by atoms with van der Waals surface area (Å²) in [6.45, 7) is 0. The Kier molecular flexibility index (Phi) is 1.23. The molecule has 2 aromatic rings. The van der Waals surface area contributed by atoms with E-state index in [0.29, 0.717) is 0 Å². The second-order valence-electron chi connectivity index (χ2n) is 2.10. The molecule has 60 valence electrons. The van der Waals surface area contributed by atoms with Gasteiger partial charge in [0, 0.05) is 12.3 Å². The Bertz CT molecular complexity index is 436. The van der Waals surface area contributed by atoms with Gasteiger partial charge in [0.25, 0.3) is 5.65 Å². The minimum absolute atomic E-state index is 0.0949.